The van der Waals surface area contributed by atoms with Gasteiger partial charge in [-0.15, -0.1) is 0 Å². The molecule has 1 amide bonds. The Morgan fingerprint density at radius 3 is 2.45 bits per heavy atom. The fourth-order valence-electron chi connectivity index (χ4n) is 3.98. The minimum absolute atomic E-state index is 0.0703. The monoisotopic (exact) mass is 547 g/mol. The van der Waals surface area contributed by atoms with Crippen LogP contribution in [0.3, 0.4) is 0 Å². The van der Waals surface area contributed by atoms with Crippen molar-refractivity contribution in [3.05, 3.63) is 53.2 Å². The van der Waals surface area contributed by atoms with Crippen molar-refractivity contribution in [1.82, 2.24) is 29.6 Å². The Bertz CT molecular complexity index is 1350. The van der Waals surface area contributed by atoms with E-state index in [0.717, 1.165) is 17.3 Å². The number of nitrogens with zero attached hydrogens (tertiary/aromatic N) is 6. The number of carbonyl (C=O) groups excluding carboxylic acids is 1. The quantitative estimate of drug-likeness (QED) is 0.486. The normalized spacial score (nSPS) is 19.5. The molecule has 3 aromatic rings. The Hall–Kier alpha value is -3.82. The molecule has 4 rings (SSSR count). The maximum Gasteiger partial charge on any atom is 0.417 e. The predicted octanol–water partition coefficient (Wildman–Crippen LogP) is 3.81. The molecule has 0 spiro atoms. The zero-order chi connectivity index (χ0) is 28.0. The summed E-state index contributed by atoms with van der Waals surface area (Å²) in [4.78, 5) is 25.5. The van der Waals surface area contributed by atoms with Crippen molar-refractivity contribution in [2.45, 2.75) is 38.3 Å². The summed E-state index contributed by atoms with van der Waals surface area (Å²) >= 11 is 0. The van der Waals surface area contributed by atoms with Gasteiger partial charge in [-0.05, 0) is 19.9 Å². The fraction of sp³-hybridized carbons (Fsp3) is 0.409. The van der Waals surface area contributed by atoms with Crippen molar-refractivity contribution in [2.75, 3.05) is 18.4 Å². The number of morpholine rings is 1. The summed E-state index contributed by atoms with van der Waals surface area (Å²) in [5, 5.41) is 6.58. The molecule has 1 aliphatic rings. The van der Waals surface area contributed by atoms with Crippen LogP contribution in [0.1, 0.15) is 28.7 Å². The highest BCUT2D eigenvalue weighted by Gasteiger charge is 2.48. The van der Waals surface area contributed by atoms with Gasteiger partial charge in [0, 0.05) is 25.5 Å². The highest BCUT2D eigenvalue weighted by molar-refractivity contribution is 5.99. The van der Waals surface area contributed by atoms with Gasteiger partial charge in [-0.1, -0.05) is 0 Å². The number of aryl methyl sites for hydroxylation is 1. The van der Waals surface area contributed by atoms with Crippen LogP contribution in [0.15, 0.2) is 24.7 Å². The summed E-state index contributed by atoms with van der Waals surface area (Å²) in [6, 6.07) is -0.923. The summed E-state index contributed by atoms with van der Waals surface area (Å²) in [6.45, 7) is 1.21. The highest BCUT2D eigenvalue weighted by atomic mass is 19.4. The molecule has 1 N–H and O–H groups in total. The third-order valence-electron chi connectivity index (χ3n) is 5.94. The molecule has 0 saturated carbocycles. The molecular weight excluding hydrogens is 527 g/mol. The molecule has 0 aromatic carbocycles. The minimum atomic E-state index is -4.82. The number of anilines is 1. The fourth-order valence-corrected chi connectivity index (χ4v) is 3.98. The molecular formula is C22H20F7N7O2. The molecule has 0 unspecified atom stereocenters. The first-order chi connectivity index (χ1) is 17.7. The molecule has 1 saturated heterocycles. The van der Waals surface area contributed by atoms with E-state index in [1.807, 2.05) is 0 Å². The average molecular weight is 547 g/mol. The van der Waals surface area contributed by atoms with Crippen molar-refractivity contribution in [1.29, 1.82) is 0 Å². The van der Waals surface area contributed by atoms with Crippen molar-refractivity contribution in [2.24, 2.45) is 7.05 Å². The summed E-state index contributed by atoms with van der Waals surface area (Å²) in [7, 11) is 1.49. The average Bonchev–Trinajstić information content (AvgIpc) is 3.12. The molecule has 204 valence electrons. The van der Waals surface area contributed by atoms with Gasteiger partial charge in [0.05, 0.1) is 35.7 Å². The van der Waals surface area contributed by atoms with Gasteiger partial charge in [-0.3, -0.25) is 9.48 Å². The topological polar surface area (TPSA) is 98.1 Å². The minimum Gasteiger partial charge on any atom is -0.365 e. The smallest absolute Gasteiger partial charge is 0.365 e. The molecule has 3 aromatic heterocycles. The number of aromatic nitrogens is 5. The van der Waals surface area contributed by atoms with Crippen LogP contribution in [0.25, 0.3) is 11.4 Å². The Balaban J connectivity index is 1.66. The molecule has 2 atom stereocenters. The van der Waals surface area contributed by atoms with E-state index < -0.39 is 66.4 Å². The first kappa shape index (κ1) is 27.2. The third-order valence-corrected chi connectivity index (χ3v) is 5.94. The number of hydrogen-bond donors (Lipinski definition) is 1. The van der Waals surface area contributed by atoms with Crippen LogP contribution in [0, 0.1) is 18.6 Å². The van der Waals surface area contributed by atoms with Gasteiger partial charge in [0.15, 0.2) is 29.0 Å². The Morgan fingerprint density at radius 1 is 1.18 bits per heavy atom. The largest absolute Gasteiger partial charge is 0.417 e. The lowest BCUT2D eigenvalue weighted by Gasteiger charge is -2.43. The van der Waals surface area contributed by atoms with E-state index >= 15 is 0 Å². The van der Waals surface area contributed by atoms with Gasteiger partial charge >= 0.3 is 12.3 Å². The van der Waals surface area contributed by atoms with E-state index in [1.165, 1.54) is 18.7 Å². The first-order valence-corrected chi connectivity index (χ1v) is 11.0. The van der Waals surface area contributed by atoms with Crippen LogP contribution in [0.4, 0.5) is 36.6 Å². The van der Waals surface area contributed by atoms with Crippen LogP contribution in [0.5, 0.6) is 0 Å². The Labute approximate surface area is 210 Å². The number of halogens is 7. The molecule has 0 aliphatic carbocycles. The van der Waals surface area contributed by atoms with Crippen molar-refractivity contribution in [3.63, 3.8) is 0 Å². The number of hydrogen-bond acceptors (Lipinski definition) is 7. The predicted molar refractivity (Wildman–Crippen MR) is 117 cm³/mol. The highest BCUT2D eigenvalue weighted by Crippen LogP contribution is 2.33. The molecule has 16 heteroatoms. The van der Waals surface area contributed by atoms with Crippen LogP contribution in [-0.2, 0) is 18.0 Å². The zero-order valence-electron chi connectivity index (χ0n) is 20.0. The molecule has 1 fully saturated rings. The number of carbonyl (C=O) groups is 1. The van der Waals surface area contributed by atoms with E-state index in [9.17, 15) is 35.5 Å². The van der Waals surface area contributed by atoms with Crippen molar-refractivity contribution >= 4 is 11.7 Å². The number of pyridine rings is 1. The lowest BCUT2D eigenvalue weighted by molar-refractivity contribution is -0.298. The maximum atomic E-state index is 14.4. The summed E-state index contributed by atoms with van der Waals surface area (Å²) in [6.07, 6.45) is -7.73. The number of amides is 1. The van der Waals surface area contributed by atoms with Crippen LogP contribution in [0.2, 0.25) is 0 Å². The molecule has 38 heavy (non-hydrogen) atoms. The third kappa shape index (κ3) is 5.39. The number of ether oxygens (including phenoxy) is 1. The Kier molecular flexibility index (Phi) is 7.03. The van der Waals surface area contributed by atoms with E-state index in [2.05, 4.69) is 25.4 Å². The van der Waals surface area contributed by atoms with E-state index in [-0.39, 0.29) is 23.1 Å². The summed E-state index contributed by atoms with van der Waals surface area (Å²) in [5.41, 5.74) is -1.14. The molecule has 4 heterocycles. The van der Waals surface area contributed by atoms with Gasteiger partial charge in [-0.2, -0.15) is 27.1 Å². The summed E-state index contributed by atoms with van der Waals surface area (Å²) < 4.78 is 101. The lowest BCUT2D eigenvalue weighted by Crippen LogP contribution is -2.61. The Morgan fingerprint density at radius 2 is 1.84 bits per heavy atom. The number of rotatable bonds is 5. The molecule has 0 radical (unpaired) electrons. The van der Waals surface area contributed by atoms with E-state index in [4.69, 9.17) is 4.74 Å². The molecule has 1 aliphatic heterocycles. The van der Waals surface area contributed by atoms with Gasteiger partial charge < -0.3 is 15.0 Å². The van der Waals surface area contributed by atoms with Crippen molar-refractivity contribution < 1.29 is 40.3 Å². The second kappa shape index (κ2) is 9.81. The second-order valence-electron chi connectivity index (χ2n) is 8.55. The van der Waals surface area contributed by atoms with Gasteiger partial charge in [-0.25, -0.2) is 23.7 Å². The van der Waals surface area contributed by atoms with Crippen LogP contribution >= 0.6 is 0 Å². The van der Waals surface area contributed by atoms with Crippen LogP contribution < -0.4 is 5.32 Å². The van der Waals surface area contributed by atoms with Gasteiger partial charge in [0.25, 0.3) is 5.91 Å². The van der Waals surface area contributed by atoms with Crippen LogP contribution in [-0.4, -0.2) is 66.9 Å². The second-order valence-corrected chi connectivity index (χ2v) is 8.55. The van der Waals surface area contributed by atoms with E-state index in [0.29, 0.717) is 11.9 Å². The first-order valence-electron chi connectivity index (χ1n) is 11.0. The maximum absolute atomic E-state index is 14.4. The SMILES string of the molecule is Cc1c(-c2ncc(F)cn2)c(C(=O)N2CC(F)(F)O[C@@H](C)[C@H]2CNc2ncc(C(F)(F)F)cc2F)nn1C. The van der Waals surface area contributed by atoms with Gasteiger partial charge in [0.2, 0.25) is 0 Å². The summed E-state index contributed by atoms with van der Waals surface area (Å²) in [5.74, 6) is -3.69. The zero-order valence-corrected chi connectivity index (χ0v) is 20.0. The molecule has 0 bridgehead atoms. The number of alkyl halides is 5. The number of nitrogens with one attached hydrogen (secondary N) is 1. The van der Waals surface area contributed by atoms with Crippen molar-refractivity contribution in [3.8, 4) is 11.4 Å². The molecule has 9 nitrogen and oxygen atoms in total. The standard InChI is InChI=1S/C22H20F7N7O2/c1-10-16(19-31-6-13(23)7-32-19)17(34-35(10)3)20(37)36-9-21(25,26)38-11(2)15(36)8-33-18-14(24)4-12(5-30-18)22(27,28)29/h4-7,11,15H,8-9H2,1-3H3,(H,30,33)/t11-,15+/m0/s1. The van der Waals surface area contributed by atoms with Gasteiger partial charge in [0.1, 0.15) is 6.54 Å². The lowest BCUT2D eigenvalue weighted by atomic mass is 10.1. The van der Waals surface area contributed by atoms with E-state index in [1.54, 1.807) is 6.92 Å².